The topological polar surface area (TPSA) is 77.8 Å². The first-order valence-electron chi connectivity index (χ1n) is 8.30. The molecule has 1 amide bonds. The first kappa shape index (κ1) is 17.2. The van der Waals surface area contributed by atoms with Crippen molar-refractivity contribution in [1.82, 2.24) is 10.3 Å². The van der Waals surface area contributed by atoms with Gasteiger partial charge in [0.2, 0.25) is 0 Å². The van der Waals surface area contributed by atoms with Gasteiger partial charge in [0.1, 0.15) is 11.6 Å². The molecule has 0 fully saturated rings. The molecule has 2 N–H and O–H groups in total. The zero-order valence-corrected chi connectivity index (χ0v) is 14.1. The fourth-order valence-electron chi connectivity index (χ4n) is 2.58. The average molecular weight is 342 g/mol. The highest BCUT2D eigenvalue weighted by Gasteiger charge is 2.08. The Morgan fingerprint density at radius 2 is 1.88 bits per heavy atom. The van der Waals surface area contributed by atoms with Gasteiger partial charge in [-0.25, -0.2) is 0 Å². The van der Waals surface area contributed by atoms with Gasteiger partial charge < -0.3 is 10.6 Å². The average Bonchev–Trinajstić information content (AvgIpc) is 2.69. The predicted molar refractivity (Wildman–Crippen MR) is 102 cm³/mol. The molecule has 1 aromatic heterocycles. The number of nitrogens with one attached hydrogen (secondary N) is 2. The highest BCUT2D eigenvalue weighted by atomic mass is 16.1. The Balaban J connectivity index is 1.64. The molecule has 0 saturated heterocycles. The number of nitriles is 1. The summed E-state index contributed by atoms with van der Waals surface area (Å²) in [5, 5.41) is 16.0. The van der Waals surface area contributed by atoms with Crippen LogP contribution in [0.25, 0.3) is 10.9 Å². The van der Waals surface area contributed by atoms with Crippen LogP contribution in [0.15, 0.2) is 78.6 Å². The lowest BCUT2D eigenvalue weighted by molar-refractivity contribution is -0.117. The molecule has 26 heavy (non-hydrogen) atoms. The predicted octanol–water partition coefficient (Wildman–Crippen LogP) is 3.41. The lowest BCUT2D eigenvalue weighted by Crippen LogP contribution is -2.27. The maximum Gasteiger partial charge on any atom is 0.263 e. The molecule has 0 unspecified atom stereocenters. The quantitative estimate of drug-likeness (QED) is 0.531. The minimum Gasteiger partial charge on any atom is -0.358 e. The summed E-state index contributed by atoms with van der Waals surface area (Å²) in [6, 6.07) is 21.3. The van der Waals surface area contributed by atoms with Gasteiger partial charge >= 0.3 is 0 Å². The molecule has 3 aromatic rings. The first-order valence-corrected chi connectivity index (χ1v) is 8.30. The number of fused-ring (bicyclic) bond motifs is 1. The SMILES string of the molecule is N#C/C(=C/Nc1cccc2cccnc12)C(=O)NCCc1ccccc1. The Labute approximate surface area is 152 Å². The number of hydrogen-bond donors (Lipinski definition) is 2. The number of nitrogens with zero attached hydrogens (tertiary/aromatic N) is 2. The van der Waals surface area contributed by atoms with E-state index in [9.17, 15) is 10.1 Å². The Bertz CT molecular complexity index is 969. The molecule has 0 saturated carbocycles. The number of carbonyl (C=O) groups excluding carboxylic acids is 1. The molecule has 0 radical (unpaired) electrons. The van der Waals surface area contributed by atoms with Crippen LogP contribution < -0.4 is 10.6 Å². The van der Waals surface area contributed by atoms with Gasteiger partial charge in [-0.2, -0.15) is 5.26 Å². The molecule has 5 nitrogen and oxygen atoms in total. The minimum atomic E-state index is -0.399. The fraction of sp³-hybridized carbons (Fsp3) is 0.0952. The molecular weight excluding hydrogens is 324 g/mol. The van der Waals surface area contributed by atoms with Gasteiger partial charge in [0, 0.05) is 24.3 Å². The number of carbonyl (C=O) groups is 1. The molecule has 0 aliphatic carbocycles. The van der Waals surface area contributed by atoms with Gasteiger partial charge in [0.15, 0.2) is 0 Å². The number of aromatic nitrogens is 1. The molecule has 0 spiro atoms. The van der Waals surface area contributed by atoms with Crippen molar-refractivity contribution in [3.8, 4) is 6.07 Å². The molecule has 128 valence electrons. The molecule has 5 heteroatoms. The number of anilines is 1. The van der Waals surface area contributed by atoms with Crippen molar-refractivity contribution in [2.24, 2.45) is 0 Å². The van der Waals surface area contributed by atoms with E-state index in [0.29, 0.717) is 13.0 Å². The van der Waals surface area contributed by atoms with E-state index in [4.69, 9.17) is 0 Å². The van der Waals surface area contributed by atoms with Crippen molar-refractivity contribution in [3.05, 3.63) is 84.2 Å². The number of para-hydroxylation sites is 1. The van der Waals surface area contributed by atoms with Crippen molar-refractivity contribution in [2.45, 2.75) is 6.42 Å². The molecule has 3 rings (SSSR count). The smallest absolute Gasteiger partial charge is 0.263 e. The van der Waals surface area contributed by atoms with Crippen molar-refractivity contribution < 1.29 is 4.79 Å². The lowest BCUT2D eigenvalue weighted by Gasteiger charge is -2.07. The van der Waals surface area contributed by atoms with Crippen LogP contribution in [0, 0.1) is 11.3 Å². The molecule has 1 heterocycles. The van der Waals surface area contributed by atoms with Gasteiger partial charge in [0.25, 0.3) is 5.91 Å². The van der Waals surface area contributed by atoms with Crippen LogP contribution in [0.1, 0.15) is 5.56 Å². The number of pyridine rings is 1. The fourth-order valence-corrected chi connectivity index (χ4v) is 2.58. The van der Waals surface area contributed by atoms with Gasteiger partial charge in [0.05, 0.1) is 11.2 Å². The molecule has 0 aliphatic rings. The third-order valence-corrected chi connectivity index (χ3v) is 3.91. The van der Waals surface area contributed by atoms with Crippen LogP contribution in [0.3, 0.4) is 0 Å². The Hall–Kier alpha value is -3.65. The standard InChI is InChI=1S/C21H18N4O/c22-14-18(21(26)24-13-11-16-6-2-1-3-7-16)15-25-19-10-4-8-17-9-5-12-23-20(17)19/h1-10,12,15,25H,11,13H2,(H,24,26)/b18-15-. The number of hydrogen-bond acceptors (Lipinski definition) is 4. The zero-order valence-electron chi connectivity index (χ0n) is 14.1. The van der Waals surface area contributed by atoms with Gasteiger partial charge in [-0.05, 0) is 24.1 Å². The summed E-state index contributed by atoms with van der Waals surface area (Å²) in [7, 11) is 0. The lowest BCUT2D eigenvalue weighted by atomic mass is 10.1. The minimum absolute atomic E-state index is 0.0194. The van der Waals surface area contributed by atoms with Crippen LogP contribution in [-0.2, 0) is 11.2 Å². The molecule has 0 atom stereocenters. The maximum atomic E-state index is 12.2. The number of rotatable bonds is 6. The highest BCUT2D eigenvalue weighted by molar-refractivity contribution is 5.98. The van der Waals surface area contributed by atoms with E-state index in [0.717, 1.165) is 22.2 Å². The summed E-state index contributed by atoms with van der Waals surface area (Å²) in [5.74, 6) is -0.399. The number of amides is 1. The van der Waals surface area contributed by atoms with E-state index in [2.05, 4.69) is 15.6 Å². The molecule has 2 aromatic carbocycles. The van der Waals surface area contributed by atoms with Gasteiger partial charge in [-0.15, -0.1) is 0 Å². The largest absolute Gasteiger partial charge is 0.358 e. The Morgan fingerprint density at radius 1 is 1.08 bits per heavy atom. The molecule has 0 bridgehead atoms. The van der Waals surface area contributed by atoms with Crippen LogP contribution in [0.4, 0.5) is 5.69 Å². The van der Waals surface area contributed by atoms with Crippen molar-refractivity contribution in [2.75, 3.05) is 11.9 Å². The molecular formula is C21H18N4O. The number of benzene rings is 2. The van der Waals surface area contributed by atoms with E-state index >= 15 is 0 Å². The Kier molecular flexibility index (Phi) is 5.58. The summed E-state index contributed by atoms with van der Waals surface area (Å²) in [6.45, 7) is 0.470. The summed E-state index contributed by atoms with van der Waals surface area (Å²) in [4.78, 5) is 16.5. The second-order valence-corrected chi connectivity index (χ2v) is 5.69. The van der Waals surface area contributed by atoms with E-state index < -0.39 is 5.91 Å². The van der Waals surface area contributed by atoms with Gasteiger partial charge in [-0.3, -0.25) is 9.78 Å². The van der Waals surface area contributed by atoms with Gasteiger partial charge in [-0.1, -0.05) is 48.5 Å². The Morgan fingerprint density at radius 3 is 2.69 bits per heavy atom. The van der Waals surface area contributed by atoms with E-state index in [1.165, 1.54) is 6.20 Å². The van der Waals surface area contributed by atoms with Crippen LogP contribution >= 0.6 is 0 Å². The van der Waals surface area contributed by atoms with E-state index in [-0.39, 0.29) is 5.57 Å². The third kappa shape index (κ3) is 4.25. The van der Waals surface area contributed by atoms with Crippen molar-refractivity contribution >= 4 is 22.5 Å². The van der Waals surface area contributed by atoms with E-state index in [1.807, 2.05) is 66.7 Å². The van der Waals surface area contributed by atoms with Crippen LogP contribution in [-0.4, -0.2) is 17.4 Å². The third-order valence-electron chi connectivity index (χ3n) is 3.91. The van der Waals surface area contributed by atoms with Crippen molar-refractivity contribution in [1.29, 1.82) is 5.26 Å². The molecule has 0 aliphatic heterocycles. The second kappa shape index (κ2) is 8.45. The monoisotopic (exact) mass is 342 g/mol. The summed E-state index contributed by atoms with van der Waals surface area (Å²) in [5.41, 5.74) is 2.68. The summed E-state index contributed by atoms with van der Waals surface area (Å²) >= 11 is 0. The normalized spacial score (nSPS) is 11.0. The van der Waals surface area contributed by atoms with Crippen molar-refractivity contribution in [3.63, 3.8) is 0 Å². The first-order chi connectivity index (χ1) is 12.8. The second-order valence-electron chi connectivity index (χ2n) is 5.69. The summed E-state index contributed by atoms with van der Waals surface area (Å²) in [6.07, 6.45) is 3.84. The van der Waals surface area contributed by atoms with Crippen LogP contribution in [0.2, 0.25) is 0 Å². The zero-order chi connectivity index (χ0) is 18.2. The highest BCUT2D eigenvalue weighted by Crippen LogP contribution is 2.20. The van der Waals surface area contributed by atoms with Crippen LogP contribution in [0.5, 0.6) is 0 Å². The van der Waals surface area contributed by atoms with E-state index in [1.54, 1.807) is 6.20 Å². The summed E-state index contributed by atoms with van der Waals surface area (Å²) < 4.78 is 0. The maximum absolute atomic E-state index is 12.2.